The number of carbonyl (C=O) groups excluding carboxylic acids is 1. The first kappa shape index (κ1) is 15.4. The van der Waals surface area contributed by atoms with Crippen molar-refractivity contribution in [3.05, 3.63) is 72.9 Å². The summed E-state index contributed by atoms with van der Waals surface area (Å²) in [5.74, 6) is 0.530. The van der Waals surface area contributed by atoms with Crippen LogP contribution in [0.4, 0.5) is 0 Å². The van der Waals surface area contributed by atoms with Crippen LogP contribution in [-0.2, 0) is 0 Å². The summed E-state index contributed by atoms with van der Waals surface area (Å²) in [6, 6.07) is 11.6. The first-order valence-corrected chi connectivity index (χ1v) is 8.25. The molecule has 0 N–H and O–H groups in total. The van der Waals surface area contributed by atoms with E-state index in [1.165, 1.54) is 0 Å². The van der Waals surface area contributed by atoms with E-state index in [9.17, 15) is 4.79 Å². The molecule has 1 unspecified atom stereocenters. The fourth-order valence-corrected chi connectivity index (χ4v) is 2.99. The Morgan fingerprint density at radius 3 is 2.64 bits per heavy atom. The van der Waals surface area contributed by atoms with Gasteiger partial charge in [-0.15, -0.1) is 0 Å². The van der Waals surface area contributed by atoms with E-state index in [2.05, 4.69) is 9.97 Å². The van der Waals surface area contributed by atoms with Crippen LogP contribution in [0.5, 0.6) is 5.88 Å². The SMILES string of the molecule is O=C(c1ccc(-n2cccc2)cc1)N1CCC(Oc2cnccn2)C1. The maximum Gasteiger partial charge on any atom is 0.253 e. The van der Waals surface area contributed by atoms with Crippen LogP contribution in [0, 0.1) is 0 Å². The zero-order valence-corrected chi connectivity index (χ0v) is 13.7. The van der Waals surface area contributed by atoms with Crippen LogP contribution < -0.4 is 4.74 Å². The summed E-state index contributed by atoms with van der Waals surface area (Å²) in [5, 5.41) is 0. The van der Waals surface area contributed by atoms with Gasteiger partial charge in [-0.25, -0.2) is 4.98 Å². The van der Waals surface area contributed by atoms with Crippen molar-refractivity contribution in [3.63, 3.8) is 0 Å². The molecule has 3 aromatic rings. The lowest BCUT2D eigenvalue weighted by Crippen LogP contribution is -2.31. The highest BCUT2D eigenvalue weighted by Crippen LogP contribution is 2.19. The van der Waals surface area contributed by atoms with E-state index >= 15 is 0 Å². The lowest BCUT2D eigenvalue weighted by atomic mass is 10.2. The third kappa shape index (κ3) is 3.38. The predicted octanol–water partition coefficient (Wildman–Crippen LogP) is 2.56. The zero-order chi connectivity index (χ0) is 17.1. The van der Waals surface area contributed by atoms with Gasteiger partial charge in [-0.05, 0) is 36.4 Å². The summed E-state index contributed by atoms with van der Waals surface area (Å²) in [5.41, 5.74) is 1.72. The number of rotatable bonds is 4. The van der Waals surface area contributed by atoms with E-state index in [-0.39, 0.29) is 12.0 Å². The Morgan fingerprint density at radius 1 is 1.12 bits per heavy atom. The Kier molecular flexibility index (Phi) is 4.16. The van der Waals surface area contributed by atoms with Gasteiger partial charge in [-0.1, -0.05) is 0 Å². The molecule has 1 amide bonds. The highest BCUT2D eigenvalue weighted by molar-refractivity contribution is 5.94. The molecule has 0 bridgehead atoms. The Balaban J connectivity index is 1.40. The van der Waals surface area contributed by atoms with E-state index in [1.54, 1.807) is 18.6 Å². The first-order chi connectivity index (χ1) is 12.3. The third-order valence-electron chi connectivity index (χ3n) is 4.28. The van der Waals surface area contributed by atoms with Crippen LogP contribution in [0.2, 0.25) is 0 Å². The van der Waals surface area contributed by atoms with Crippen molar-refractivity contribution in [1.29, 1.82) is 0 Å². The van der Waals surface area contributed by atoms with Gasteiger partial charge in [0.05, 0.1) is 12.7 Å². The van der Waals surface area contributed by atoms with Crippen LogP contribution in [0.3, 0.4) is 0 Å². The zero-order valence-electron chi connectivity index (χ0n) is 13.7. The maximum atomic E-state index is 12.7. The molecular weight excluding hydrogens is 316 g/mol. The summed E-state index contributed by atoms with van der Waals surface area (Å²) >= 11 is 0. The molecule has 2 aromatic heterocycles. The lowest BCUT2D eigenvalue weighted by molar-refractivity contribution is 0.0771. The predicted molar refractivity (Wildman–Crippen MR) is 92.7 cm³/mol. The number of likely N-dealkylation sites (tertiary alicyclic amines) is 1. The normalized spacial score (nSPS) is 16.8. The second kappa shape index (κ2) is 6.76. The Bertz CT molecular complexity index is 832. The van der Waals surface area contributed by atoms with Crippen LogP contribution in [0.15, 0.2) is 67.4 Å². The molecule has 6 heteroatoms. The van der Waals surface area contributed by atoms with Crippen molar-refractivity contribution in [2.24, 2.45) is 0 Å². The molecule has 6 nitrogen and oxygen atoms in total. The van der Waals surface area contributed by atoms with Crippen LogP contribution in [0.1, 0.15) is 16.8 Å². The van der Waals surface area contributed by atoms with Gasteiger partial charge in [0, 0.05) is 49.0 Å². The van der Waals surface area contributed by atoms with E-state index in [0.29, 0.717) is 24.5 Å². The molecular formula is C19H18N4O2. The van der Waals surface area contributed by atoms with E-state index in [0.717, 1.165) is 12.1 Å². The van der Waals surface area contributed by atoms with Crippen molar-refractivity contribution in [1.82, 2.24) is 19.4 Å². The van der Waals surface area contributed by atoms with Crippen LogP contribution in [-0.4, -0.2) is 44.5 Å². The molecule has 0 saturated carbocycles. The molecule has 0 radical (unpaired) electrons. The standard InChI is InChI=1S/C19H18N4O2/c24-19(15-3-5-16(6-4-15)22-10-1-2-11-22)23-12-7-17(14-23)25-18-13-20-8-9-21-18/h1-6,8-11,13,17H,7,12,14H2. The van der Waals surface area contributed by atoms with Gasteiger partial charge >= 0.3 is 0 Å². The Morgan fingerprint density at radius 2 is 1.92 bits per heavy atom. The van der Waals surface area contributed by atoms with Gasteiger partial charge in [-0.3, -0.25) is 9.78 Å². The number of hydrogen-bond acceptors (Lipinski definition) is 4. The highest BCUT2D eigenvalue weighted by atomic mass is 16.5. The maximum absolute atomic E-state index is 12.7. The van der Waals surface area contributed by atoms with Gasteiger partial charge in [-0.2, -0.15) is 0 Å². The van der Waals surface area contributed by atoms with Gasteiger partial charge in [0.2, 0.25) is 5.88 Å². The highest BCUT2D eigenvalue weighted by Gasteiger charge is 2.28. The van der Waals surface area contributed by atoms with Crippen LogP contribution >= 0.6 is 0 Å². The number of amides is 1. The Labute approximate surface area is 145 Å². The Hall–Kier alpha value is -3.15. The second-order valence-electron chi connectivity index (χ2n) is 5.96. The number of carbonyl (C=O) groups is 1. The first-order valence-electron chi connectivity index (χ1n) is 8.25. The largest absolute Gasteiger partial charge is 0.471 e. The fraction of sp³-hybridized carbons (Fsp3) is 0.211. The van der Waals surface area contributed by atoms with E-state index in [1.807, 2.05) is 58.3 Å². The molecule has 1 aliphatic heterocycles. The monoisotopic (exact) mass is 334 g/mol. The molecule has 1 fully saturated rings. The van der Waals surface area contributed by atoms with Gasteiger partial charge in [0.1, 0.15) is 6.10 Å². The number of nitrogens with zero attached hydrogens (tertiary/aromatic N) is 4. The van der Waals surface area contributed by atoms with Crippen molar-refractivity contribution in [2.45, 2.75) is 12.5 Å². The molecule has 1 aromatic carbocycles. The van der Waals surface area contributed by atoms with Gasteiger partial charge in [0.15, 0.2) is 0 Å². The minimum atomic E-state index is -0.0419. The van der Waals surface area contributed by atoms with E-state index in [4.69, 9.17) is 4.74 Å². The minimum absolute atomic E-state index is 0.0318. The molecule has 4 rings (SSSR count). The van der Waals surface area contributed by atoms with Crippen molar-refractivity contribution in [3.8, 4) is 11.6 Å². The summed E-state index contributed by atoms with van der Waals surface area (Å²) in [6.45, 7) is 1.25. The molecule has 126 valence electrons. The van der Waals surface area contributed by atoms with Gasteiger partial charge in [0.25, 0.3) is 5.91 Å². The van der Waals surface area contributed by atoms with Crippen molar-refractivity contribution < 1.29 is 9.53 Å². The molecule has 25 heavy (non-hydrogen) atoms. The summed E-state index contributed by atoms with van der Waals surface area (Å²) < 4.78 is 7.80. The molecule has 1 atom stereocenters. The summed E-state index contributed by atoms with van der Waals surface area (Å²) in [7, 11) is 0. The number of benzene rings is 1. The molecule has 1 saturated heterocycles. The number of aromatic nitrogens is 3. The second-order valence-corrected chi connectivity index (χ2v) is 5.96. The summed E-state index contributed by atoms with van der Waals surface area (Å²) in [4.78, 5) is 22.6. The average Bonchev–Trinajstić information content (AvgIpc) is 3.34. The molecule has 0 aliphatic carbocycles. The number of hydrogen-bond donors (Lipinski definition) is 0. The third-order valence-corrected chi connectivity index (χ3v) is 4.28. The fourth-order valence-electron chi connectivity index (χ4n) is 2.99. The number of ether oxygens (including phenoxy) is 1. The lowest BCUT2D eigenvalue weighted by Gasteiger charge is -2.17. The van der Waals surface area contributed by atoms with Crippen molar-refractivity contribution in [2.75, 3.05) is 13.1 Å². The van der Waals surface area contributed by atoms with E-state index < -0.39 is 0 Å². The topological polar surface area (TPSA) is 60.2 Å². The quantitative estimate of drug-likeness (QED) is 0.736. The average molecular weight is 334 g/mol. The van der Waals surface area contributed by atoms with Gasteiger partial charge < -0.3 is 14.2 Å². The van der Waals surface area contributed by atoms with Crippen LogP contribution in [0.25, 0.3) is 5.69 Å². The molecule has 0 spiro atoms. The summed E-state index contributed by atoms with van der Waals surface area (Å²) in [6.07, 6.45) is 9.50. The smallest absolute Gasteiger partial charge is 0.253 e. The molecule has 1 aliphatic rings. The minimum Gasteiger partial charge on any atom is -0.471 e. The van der Waals surface area contributed by atoms with Crippen molar-refractivity contribution >= 4 is 5.91 Å². The molecule has 3 heterocycles.